The van der Waals surface area contributed by atoms with Crippen LogP contribution in [0.15, 0.2) is 0 Å². The molecule has 0 aromatic heterocycles. The summed E-state index contributed by atoms with van der Waals surface area (Å²) in [5.74, 6) is 1.56. The van der Waals surface area contributed by atoms with Crippen LogP contribution in [0.3, 0.4) is 0 Å². The molecular formula is C15H25NO3. The molecule has 2 unspecified atom stereocenters. The number of amides is 1. The molecule has 2 rings (SSSR count). The maximum absolute atomic E-state index is 12.1. The first-order valence-electron chi connectivity index (χ1n) is 7.46. The number of ether oxygens (including phenoxy) is 1. The van der Waals surface area contributed by atoms with Gasteiger partial charge in [-0.2, -0.15) is 0 Å². The van der Waals surface area contributed by atoms with E-state index in [9.17, 15) is 9.59 Å². The van der Waals surface area contributed by atoms with Crippen molar-refractivity contribution in [3.63, 3.8) is 0 Å². The first kappa shape index (κ1) is 14.5. The van der Waals surface area contributed by atoms with E-state index in [4.69, 9.17) is 4.74 Å². The van der Waals surface area contributed by atoms with E-state index in [1.54, 1.807) is 4.90 Å². The molecule has 2 heterocycles. The summed E-state index contributed by atoms with van der Waals surface area (Å²) in [7, 11) is 0. The Kier molecular flexibility index (Phi) is 4.97. The maximum atomic E-state index is 12.1. The number of hydrogen-bond acceptors (Lipinski definition) is 3. The minimum Gasteiger partial charge on any atom is -0.381 e. The molecule has 0 bridgehead atoms. The molecule has 108 valence electrons. The molecule has 0 spiro atoms. The molecule has 0 radical (unpaired) electrons. The van der Waals surface area contributed by atoms with Crippen molar-refractivity contribution < 1.29 is 14.3 Å². The topological polar surface area (TPSA) is 46.6 Å². The van der Waals surface area contributed by atoms with Gasteiger partial charge in [-0.25, -0.2) is 0 Å². The third-order valence-electron chi connectivity index (χ3n) is 4.53. The van der Waals surface area contributed by atoms with Gasteiger partial charge in [-0.05, 0) is 31.1 Å². The van der Waals surface area contributed by atoms with Crippen molar-refractivity contribution in [2.45, 2.75) is 39.5 Å². The molecule has 4 heteroatoms. The number of carbonyl (C=O) groups is 2. The first-order valence-corrected chi connectivity index (χ1v) is 7.46. The van der Waals surface area contributed by atoms with Gasteiger partial charge in [-0.3, -0.25) is 9.59 Å². The normalized spacial score (nSPS) is 28.8. The lowest BCUT2D eigenvalue weighted by Crippen LogP contribution is -2.37. The van der Waals surface area contributed by atoms with Gasteiger partial charge in [0.15, 0.2) is 5.78 Å². The number of likely N-dealkylation sites (tertiary alicyclic amines) is 1. The van der Waals surface area contributed by atoms with Crippen LogP contribution in [0, 0.1) is 17.8 Å². The van der Waals surface area contributed by atoms with Crippen LogP contribution in [-0.2, 0) is 14.3 Å². The van der Waals surface area contributed by atoms with E-state index in [0.29, 0.717) is 31.5 Å². The van der Waals surface area contributed by atoms with Crippen LogP contribution in [0.2, 0.25) is 0 Å². The second-order valence-electron chi connectivity index (χ2n) is 6.17. The molecule has 4 nitrogen and oxygen atoms in total. The molecule has 0 aromatic rings. The molecule has 0 aliphatic carbocycles. The highest BCUT2D eigenvalue weighted by molar-refractivity contribution is 5.88. The van der Waals surface area contributed by atoms with E-state index >= 15 is 0 Å². The van der Waals surface area contributed by atoms with Gasteiger partial charge in [-0.1, -0.05) is 13.8 Å². The van der Waals surface area contributed by atoms with E-state index in [2.05, 4.69) is 13.8 Å². The first-order chi connectivity index (χ1) is 9.08. The number of ketones is 1. The van der Waals surface area contributed by atoms with Crippen LogP contribution in [0.5, 0.6) is 0 Å². The number of carbonyl (C=O) groups excluding carboxylic acids is 2. The van der Waals surface area contributed by atoms with Gasteiger partial charge in [0, 0.05) is 25.5 Å². The van der Waals surface area contributed by atoms with Crippen LogP contribution in [0.4, 0.5) is 0 Å². The van der Waals surface area contributed by atoms with Crippen molar-refractivity contribution >= 4 is 11.7 Å². The predicted octanol–water partition coefficient (Wildman–Crippen LogP) is 1.88. The number of rotatable bonds is 4. The zero-order valence-corrected chi connectivity index (χ0v) is 12.1. The second kappa shape index (κ2) is 6.51. The average Bonchev–Trinajstić information content (AvgIpc) is 2.84. The summed E-state index contributed by atoms with van der Waals surface area (Å²) in [6, 6.07) is 0. The zero-order valence-electron chi connectivity index (χ0n) is 12.1. The van der Waals surface area contributed by atoms with Gasteiger partial charge in [-0.15, -0.1) is 0 Å². The van der Waals surface area contributed by atoms with E-state index in [-0.39, 0.29) is 24.2 Å². The SMILES string of the molecule is CC(C)C1CCC(=O)N(CC(=O)C2CCOC2)CC1. The Hall–Kier alpha value is -0.900. The molecule has 0 N–H and O–H groups in total. The highest BCUT2D eigenvalue weighted by atomic mass is 16.5. The van der Waals surface area contributed by atoms with Crippen molar-refractivity contribution in [1.29, 1.82) is 0 Å². The van der Waals surface area contributed by atoms with E-state index in [0.717, 1.165) is 25.8 Å². The number of Topliss-reactive ketones (excluding diaryl/α,β-unsaturated/α-hetero) is 1. The smallest absolute Gasteiger partial charge is 0.222 e. The molecule has 2 atom stereocenters. The van der Waals surface area contributed by atoms with Crippen LogP contribution in [0.1, 0.15) is 39.5 Å². The molecule has 2 saturated heterocycles. The van der Waals surface area contributed by atoms with Gasteiger partial charge in [0.05, 0.1) is 13.2 Å². The third kappa shape index (κ3) is 3.78. The Balaban J connectivity index is 1.88. The summed E-state index contributed by atoms with van der Waals surface area (Å²) in [5, 5.41) is 0. The van der Waals surface area contributed by atoms with Gasteiger partial charge >= 0.3 is 0 Å². The summed E-state index contributed by atoms with van der Waals surface area (Å²) in [6.07, 6.45) is 3.40. The summed E-state index contributed by atoms with van der Waals surface area (Å²) >= 11 is 0. The fourth-order valence-electron chi connectivity index (χ4n) is 3.00. The predicted molar refractivity (Wildman–Crippen MR) is 72.7 cm³/mol. The summed E-state index contributed by atoms with van der Waals surface area (Å²) in [5.41, 5.74) is 0. The highest BCUT2D eigenvalue weighted by Gasteiger charge is 2.29. The van der Waals surface area contributed by atoms with Gasteiger partial charge < -0.3 is 9.64 Å². The van der Waals surface area contributed by atoms with Crippen molar-refractivity contribution in [3.05, 3.63) is 0 Å². The molecule has 1 amide bonds. The van der Waals surface area contributed by atoms with Crippen molar-refractivity contribution in [2.75, 3.05) is 26.3 Å². The van der Waals surface area contributed by atoms with Crippen LogP contribution in [-0.4, -0.2) is 42.9 Å². The highest BCUT2D eigenvalue weighted by Crippen LogP contribution is 2.25. The fourth-order valence-corrected chi connectivity index (χ4v) is 3.00. The number of nitrogens with zero attached hydrogens (tertiary/aromatic N) is 1. The van der Waals surface area contributed by atoms with Crippen LogP contribution >= 0.6 is 0 Å². The van der Waals surface area contributed by atoms with Crippen LogP contribution in [0.25, 0.3) is 0 Å². The molecule has 2 fully saturated rings. The number of hydrogen-bond donors (Lipinski definition) is 0. The van der Waals surface area contributed by atoms with Gasteiger partial charge in [0.2, 0.25) is 5.91 Å². The monoisotopic (exact) mass is 267 g/mol. The summed E-state index contributed by atoms with van der Waals surface area (Å²) in [6.45, 7) is 6.67. The molecule has 0 saturated carbocycles. The Bertz CT molecular complexity index is 334. The van der Waals surface area contributed by atoms with Crippen molar-refractivity contribution in [1.82, 2.24) is 4.90 Å². The Labute approximate surface area is 115 Å². The molecule has 19 heavy (non-hydrogen) atoms. The Morgan fingerprint density at radius 2 is 2.16 bits per heavy atom. The third-order valence-corrected chi connectivity index (χ3v) is 4.53. The summed E-state index contributed by atoms with van der Waals surface area (Å²) < 4.78 is 5.24. The van der Waals surface area contributed by atoms with Gasteiger partial charge in [0.25, 0.3) is 0 Å². The molecular weight excluding hydrogens is 242 g/mol. The molecule has 2 aliphatic rings. The standard InChI is InChI=1S/C15H25NO3/c1-11(2)12-3-4-15(18)16(7-5-12)9-14(17)13-6-8-19-10-13/h11-13H,3-10H2,1-2H3. The van der Waals surface area contributed by atoms with Crippen molar-refractivity contribution in [3.8, 4) is 0 Å². The maximum Gasteiger partial charge on any atom is 0.222 e. The minimum absolute atomic E-state index is 0.0111. The molecule has 2 aliphatic heterocycles. The zero-order chi connectivity index (χ0) is 13.8. The Morgan fingerprint density at radius 3 is 2.79 bits per heavy atom. The fraction of sp³-hybridized carbons (Fsp3) is 0.867. The van der Waals surface area contributed by atoms with E-state index in [1.165, 1.54) is 0 Å². The largest absolute Gasteiger partial charge is 0.381 e. The second-order valence-corrected chi connectivity index (χ2v) is 6.17. The van der Waals surface area contributed by atoms with E-state index in [1.807, 2.05) is 0 Å². The van der Waals surface area contributed by atoms with Gasteiger partial charge in [0.1, 0.15) is 0 Å². The summed E-state index contributed by atoms with van der Waals surface area (Å²) in [4.78, 5) is 26.0. The minimum atomic E-state index is 0.0111. The molecule has 0 aromatic carbocycles. The lowest BCUT2D eigenvalue weighted by Gasteiger charge is -2.22. The Morgan fingerprint density at radius 1 is 1.37 bits per heavy atom. The van der Waals surface area contributed by atoms with E-state index < -0.39 is 0 Å². The van der Waals surface area contributed by atoms with Crippen molar-refractivity contribution in [2.24, 2.45) is 17.8 Å². The quantitative estimate of drug-likeness (QED) is 0.781. The average molecular weight is 267 g/mol. The lowest BCUT2D eigenvalue weighted by atomic mass is 9.89. The lowest BCUT2D eigenvalue weighted by molar-refractivity contribution is -0.136. The van der Waals surface area contributed by atoms with Crippen LogP contribution < -0.4 is 0 Å².